The Hall–Kier alpha value is -0.380. The molecule has 0 fully saturated rings. The van der Waals surface area contributed by atoms with Gasteiger partial charge in [-0.15, -0.1) is 11.3 Å². The number of carbonyl (C=O) groups excluding carboxylic acids is 1. The fourth-order valence-corrected chi connectivity index (χ4v) is 1.86. The zero-order valence-electron chi connectivity index (χ0n) is 6.93. The van der Waals surface area contributed by atoms with Crippen molar-refractivity contribution in [1.82, 2.24) is 5.32 Å². The van der Waals surface area contributed by atoms with Crippen molar-refractivity contribution in [3.8, 4) is 0 Å². The van der Waals surface area contributed by atoms with Crippen molar-refractivity contribution in [2.45, 2.75) is 13.0 Å². The molecular formula is C8H10ClNOS. The van der Waals surface area contributed by atoms with Crippen LogP contribution in [0.1, 0.15) is 16.6 Å². The second-order valence-corrected chi connectivity index (χ2v) is 4.19. The topological polar surface area (TPSA) is 29.1 Å². The van der Waals surface area contributed by atoms with Crippen molar-refractivity contribution in [2.75, 3.05) is 7.05 Å². The van der Waals surface area contributed by atoms with E-state index in [0.717, 1.165) is 0 Å². The molecule has 0 amide bonds. The third kappa shape index (κ3) is 2.06. The van der Waals surface area contributed by atoms with Crippen LogP contribution in [0.5, 0.6) is 0 Å². The Kier molecular flexibility index (Phi) is 3.26. The Morgan fingerprint density at radius 1 is 1.67 bits per heavy atom. The van der Waals surface area contributed by atoms with E-state index in [1.807, 2.05) is 6.92 Å². The van der Waals surface area contributed by atoms with Crippen molar-refractivity contribution < 1.29 is 4.79 Å². The molecular weight excluding hydrogens is 194 g/mol. The first-order valence-electron chi connectivity index (χ1n) is 3.62. The minimum Gasteiger partial charge on any atom is -0.310 e. The summed E-state index contributed by atoms with van der Waals surface area (Å²) in [7, 11) is 1.76. The Balaban J connectivity index is 2.78. The molecule has 1 N–H and O–H groups in total. The maximum atomic E-state index is 11.5. The molecule has 1 atom stereocenters. The molecule has 0 saturated carbocycles. The fraction of sp³-hybridized carbons (Fsp3) is 0.375. The largest absolute Gasteiger partial charge is 0.310 e. The Bertz CT molecular complexity index is 284. The lowest BCUT2D eigenvalue weighted by Crippen LogP contribution is -2.30. The Morgan fingerprint density at radius 3 is 2.75 bits per heavy atom. The van der Waals surface area contributed by atoms with Gasteiger partial charge in [0.2, 0.25) is 0 Å². The molecule has 1 aromatic heterocycles. The van der Waals surface area contributed by atoms with Crippen LogP contribution in [-0.2, 0) is 0 Å². The van der Waals surface area contributed by atoms with Crippen LogP contribution in [0.2, 0.25) is 4.34 Å². The summed E-state index contributed by atoms with van der Waals surface area (Å²) in [5.41, 5.74) is 0. The van der Waals surface area contributed by atoms with Gasteiger partial charge in [-0.3, -0.25) is 4.79 Å². The number of carbonyl (C=O) groups is 1. The molecule has 0 radical (unpaired) electrons. The smallest absolute Gasteiger partial charge is 0.189 e. The van der Waals surface area contributed by atoms with Crippen LogP contribution >= 0.6 is 22.9 Å². The van der Waals surface area contributed by atoms with Gasteiger partial charge in [-0.1, -0.05) is 11.6 Å². The van der Waals surface area contributed by atoms with Crippen molar-refractivity contribution in [3.05, 3.63) is 21.3 Å². The van der Waals surface area contributed by atoms with Crippen LogP contribution in [-0.4, -0.2) is 18.9 Å². The number of likely N-dealkylation sites (N-methyl/N-ethyl adjacent to an activating group) is 1. The molecule has 4 heteroatoms. The summed E-state index contributed by atoms with van der Waals surface area (Å²) in [6.45, 7) is 1.83. The number of halogens is 1. The number of hydrogen-bond donors (Lipinski definition) is 1. The molecule has 0 unspecified atom stereocenters. The Labute approximate surface area is 80.5 Å². The SMILES string of the molecule is CN[C@H](C)C(=O)c1ccc(Cl)s1. The lowest BCUT2D eigenvalue weighted by molar-refractivity contribution is 0.0959. The summed E-state index contributed by atoms with van der Waals surface area (Å²) >= 11 is 7.01. The highest BCUT2D eigenvalue weighted by Crippen LogP contribution is 2.22. The third-order valence-corrected chi connectivity index (χ3v) is 2.89. The predicted octanol–water partition coefficient (Wildman–Crippen LogP) is 2.19. The van der Waals surface area contributed by atoms with E-state index in [9.17, 15) is 4.79 Å². The van der Waals surface area contributed by atoms with E-state index in [1.165, 1.54) is 11.3 Å². The van der Waals surface area contributed by atoms with E-state index >= 15 is 0 Å². The predicted molar refractivity (Wildman–Crippen MR) is 52.2 cm³/mol. The van der Waals surface area contributed by atoms with Gasteiger partial charge in [-0.25, -0.2) is 0 Å². The molecule has 2 nitrogen and oxygen atoms in total. The molecule has 0 aliphatic carbocycles. The highest BCUT2D eigenvalue weighted by Gasteiger charge is 2.14. The summed E-state index contributed by atoms with van der Waals surface area (Å²) in [5.74, 6) is 0.0920. The van der Waals surface area contributed by atoms with Crippen LogP contribution in [0.3, 0.4) is 0 Å². The van der Waals surface area contributed by atoms with Crippen LogP contribution in [0, 0.1) is 0 Å². The first kappa shape index (κ1) is 9.71. The molecule has 0 aliphatic heterocycles. The average Bonchev–Trinajstić information content (AvgIpc) is 2.49. The number of thiophene rings is 1. The maximum Gasteiger partial charge on any atom is 0.189 e. The van der Waals surface area contributed by atoms with Crippen LogP contribution in [0.25, 0.3) is 0 Å². The van der Waals surface area contributed by atoms with Gasteiger partial charge < -0.3 is 5.32 Å². The Morgan fingerprint density at radius 2 is 2.33 bits per heavy atom. The van der Waals surface area contributed by atoms with Crippen LogP contribution < -0.4 is 5.32 Å². The molecule has 0 aliphatic rings. The second-order valence-electron chi connectivity index (χ2n) is 2.48. The van der Waals surface area contributed by atoms with E-state index in [4.69, 9.17) is 11.6 Å². The molecule has 0 spiro atoms. The average molecular weight is 204 g/mol. The van der Waals surface area contributed by atoms with Gasteiger partial charge in [0.05, 0.1) is 15.3 Å². The summed E-state index contributed by atoms with van der Waals surface area (Å²) in [5, 5.41) is 2.89. The fourth-order valence-electron chi connectivity index (χ4n) is 0.791. The summed E-state index contributed by atoms with van der Waals surface area (Å²) < 4.78 is 0.654. The zero-order chi connectivity index (χ0) is 9.14. The zero-order valence-corrected chi connectivity index (χ0v) is 8.50. The molecule has 12 heavy (non-hydrogen) atoms. The van der Waals surface area contributed by atoms with Crippen molar-refractivity contribution in [3.63, 3.8) is 0 Å². The quantitative estimate of drug-likeness (QED) is 0.764. The molecule has 0 saturated heterocycles. The number of ketones is 1. The number of rotatable bonds is 3. The summed E-state index contributed by atoms with van der Waals surface area (Å²) in [4.78, 5) is 12.2. The normalized spacial score (nSPS) is 12.9. The minimum atomic E-state index is -0.139. The monoisotopic (exact) mass is 203 g/mol. The van der Waals surface area contributed by atoms with Crippen molar-refractivity contribution >= 4 is 28.7 Å². The maximum absolute atomic E-state index is 11.5. The van der Waals surface area contributed by atoms with Gasteiger partial charge in [-0.2, -0.15) is 0 Å². The first-order valence-corrected chi connectivity index (χ1v) is 4.81. The van der Waals surface area contributed by atoms with Crippen molar-refractivity contribution in [1.29, 1.82) is 0 Å². The van der Waals surface area contributed by atoms with Gasteiger partial charge in [0.1, 0.15) is 0 Å². The molecule has 0 aromatic carbocycles. The van der Waals surface area contributed by atoms with E-state index in [1.54, 1.807) is 19.2 Å². The van der Waals surface area contributed by atoms with Gasteiger partial charge in [0, 0.05) is 0 Å². The van der Waals surface area contributed by atoms with E-state index < -0.39 is 0 Å². The van der Waals surface area contributed by atoms with Gasteiger partial charge in [0.15, 0.2) is 5.78 Å². The third-order valence-electron chi connectivity index (χ3n) is 1.64. The molecule has 1 rings (SSSR count). The van der Waals surface area contributed by atoms with E-state index in [2.05, 4.69) is 5.32 Å². The van der Waals surface area contributed by atoms with E-state index in [0.29, 0.717) is 9.21 Å². The first-order chi connectivity index (χ1) is 5.65. The number of Topliss-reactive ketones (excluding diaryl/α,β-unsaturated/α-hetero) is 1. The second kappa shape index (κ2) is 4.03. The molecule has 1 aromatic rings. The van der Waals surface area contributed by atoms with Gasteiger partial charge in [0.25, 0.3) is 0 Å². The highest BCUT2D eigenvalue weighted by molar-refractivity contribution is 7.18. The minimum absolute atomic E-state index is 0.0920. The van der Waals surface area contributed by atoms with E-state index in [-0.39, 0.29) is 11.8 Å². The van der Waals surface area contributed by atoms with Crippen LogP contribution in [0.4, 0.5) is 0 Å². The lowest BCUT2D eigenvalue weighted by atomic mass is 10.2. The standard InChI is InChI=1S/C8H10ClNOS/c1-5(10-2)8(11)6-3-4-7(9)12-6/h3-5,10H,1-2H3/t5-/m1/s1. The number of hydrogen-bond acceptors (Lipinski definition) is 3. The van der Waals surface area contributed by atoms with Gasteiger partial charge >= 0.3 is 0 Å². The van der Waals surface area contributed by atoms with Crippen LogP contribution in [0.15, 0.2) is 12.1 Å². The number of nitrogens with one attached hydrogen (secondary N) is 1. The molecule has 1 heterocycles. The molecule has 0 bridgehead atoms. The summed E-state index contributed by atoms with van der Waals surface area (Å²) in [6.07, 6.45) is 0. The van der Waals surface area contributed by atoms with Crippen molar-refractivity contribution in [2.24, 2.45) is 0 Å². The van der Waals surface area contributed by atoms with Gasteiger partial charge in [-0.05, 0) is 26.1 Å². The highest BCUT2D eigenvalue weighted by atomic mass is 35.5. The lowest BCUT2D eigenvalue weighted by Gasteiger charge is -2.05. The molecule has 66 valence electrons. The summed E-state index contributed by atoms with van der Waals surface area (Å²) in [6, 6.07) is 3.35.